The zero-order valence-corrected chi connectivity index (χ0v) is 12.0. The quantitative estimate of drug-likeness (QED) is 0.754. The standard InChI is InChI=1S/C12H15N5O3S/c13-21(19,20)11-3-1-2-10(8-11)9-14-12(18)4-6-17-7-5-15-16-17/h1-3,5,7-8H,4,6,9H2,(H,14,18)(H2,13,19,20). The van der Waals surface area contributed by atoms with Crippen LogP contribution in [0.25, 0.3) is 0 Å². The average molecular weight is 309 g/mol. The maximum atomic E-state index is 11.7. The van der Waals surface area contributed by atoms with E-state index in [2.05, 4.69) is 15.6 Å². The monoisotopic (exact) mass is 309 g/mol. The molecule has 0 bridgehead atoms. The van der Waals surface area contributed by atoms with Crippen molar-refractivity contribution in [1.29, 1.82) is 0 Å². The fourth-order valence-corrected chi connectivity index (χ4v) is 2.27. The van der Waals surface area contributed by atoms with E-state index in [1.54, 1.807) is 23.0 Å². The van der Waals surface area contributed by atoms with E-state index in [1.807, 2.05) is 0 Å². The number of rotatable bonds is 6. The summed E-state index contributed by atoms with van der Waals surface area (Å²) in [4.78, 5) is 11.7. The van der Waals surface area contributed by atoms with Crippen molar-refractivity contribution in [1.82, 2.24) is 20.3 Å². The first-order valence-electron chi connectivity index (χ1n) is 6.18. The highest BCUT2D eigenvalue weighted by Gasteiger charge is 2.08. The number of aryl methyl sites for hydroxylation is 1. The van der Waals surface area contributed by atoms with Crippen molar-refractivity contribution < 1.29 is 13.2 Å². The van der Waals surface area contributed by atoms with Crippen LogP contribution in [0.15, 0.2) is 41.6 Å². The number of nitrogens with one attached hydrogen (secondary N) is 1. The predicted molar refractivity (Wildman–Crippen MR) is 74.3 cm³/mol. The van der Waals surface area contributed by atoms with Crippen LogP contribution in [0.5, 0.6) is 0 Å². The molecule has 1 aromatic carbocycles. The van der Waals surface area contributed by atoms with Gasteiger partial charge in [-0.05, 0) is 17.7 Å². The molecule has 0 atom stereocenters. The predicted octanol–water partition coefficient (Wildman–Crippen LogP) is -0.368. The molecule has 0 aliphatic carbocycles. The first kappa shape index (κ1) is 15.1. The largest absolute Gasteiger partial charge is 0.352 e. The van der Waals surface area contributed by atoms with E-state index >= 15 is 0 Å². The Morgan fingerprint density at radius 1 is 1.38 bits per heavy atom. The molecular formula is C12H15N5O3S. The van der Waals surface area contributed by atoms with Gasteiger partial charge in [0, 0.05) is 19.2 Å². The first-order valence-corrected chi connectivity index (χ1v) is 7.72. The Hall–Kier alpha value is -2.26. The van der Waals surface area contributed by atoms with Crippen LogP contribution in [0.3, 0.4) is 0 Å². The molecule has 9 heteroatoms. The van der Waals surface area contributed by atoms with Crippen LogP contribution in [0.4, 0.5) is 0 Å². The van der Waals surface area contributed by atoms with Crippen LogP contribution >= 0.6 is 0 Å². The Balaban J connectivity index is 1.86. The van der Waals surface area contributed by atoms with Crippen molar-refractivity contribution in [3.05, 3.63) is 42.2 Å². The van der Waals surface area contributed by atoms with Crippen LogP contribution in [0.2, 0.25) is 0 Å². The van der Waals surface area contributed by atoms with Gasteiger partial charge in [-0.25, -0.2) is 13.6 Å². The number of benzene rings is 1. The van der Waals surface area contributed by atoms with Crippen LogP contribution in [-0.4, -0.2) is 29.3 Å². The van der Waals surface area contributed by atoms with Crippen LogP contribution in [-0.2, 0) is 27.9 Å². The molecule has 1 aromatic heterocycles. The zero-order valence-electron chi connectivity index (χ0n) is 11.1. The highest BCUT2D eigenvalue weighted by atomic mass is 32.2. The SMILES string of the molecule is NS(=O)(=O)c1cccc(CNC(=O)CCn2ccnn2)c1. The molecule has 0 spiro atoms. The summed E-state index contributed by atoms with van der Waals surface area (Å²) >= 11 is 0. The topological polar surface area (TPSA) is 120 Å². The fourth-order valence-electron chi connectivity index (χ4n) is 1.69. The summed E-state index contributed by atoms with van der Waals surface area (Å²) in [6, 6.07) is 6.14. The number of aromatic nitrogens is 3. The number of carbonyl (C=O) groups excluding carboxylic acids is 1. The molecule has 0 unspecified atom stereocenters. The number of sulfonamides is 1. The Labute approximate surface area is 122 Å². The number of carbonyl (C=O) groups is 1. The number of nitrogens with zero attached hydrogens (tertiary/aromatic N) is 3. The summed E-state index contributed by atoms with van der Waals surface area (Å²) in [5.74, 6) is -0.161. The molecule has 0 saturated heterocycles. The minimum absolute atomic E-state index is 0.0249. The van der Waals surface area contributed by atoms with E-state index < -0.39 is 10.0 Å². The molecule has 112 valence electrons. The van der Waals surface area contributed by atoms with E-state index in [-0.39, 0.29) is 23.8 Å². The van der Waals surface area contributed by atoms with Gasteiger partial charge in [-0.2, -0.15) is 0 Å². The van der Waals surface area contributed by atoms with Crippen molar-refractivity contribution in [3.63, 3.8) is 0 Å². The molecule has 0 saturated carbocycles. The Kier molecular flexibility index (Phi) is 4.66. The van der Waals surface area contributed by atoms with Crippen LogP contribution in [0.1, 0.15) is 12.0 Å². The van der Waals surface area contributed by atoms with E-state index in [0.29, 0.717) is 12.1 Å². The van der Waals surface area contributed by atoms with Crippen molar-refractivity contribution in [2.75, 3.05) is 0 Å². The third-order valence-corrected chi connectivity index (χ3v) is 3.67. The molecule has 21 heavy (non-hydrogen) atoms. The molecule has 1 amide bonds. The number of amides is 1. The maximum absolute atomic E-state index is 11.7. The minimum Gasteiger partial charge on any atom is -0.352 e. The normalized spacial score (nSPS) is 11.3. The Morgan fingerprint density at radius 2 is 2.19 bits per heavy atom. The second-order valence-electron chi connectivity index (χ2n) is 4.39. The van der Waals surface area contributed by atoms with E-state index in [4.69, 9.17) is 5.14 Å². The smallest absolute Gasteiger partial charge is 0.238 e. The van der Waals surface area contributed by atoms with Gasteiger partial charge in [0.05, 0.1) is 17.6 Å². The van der Waals surface area contributed by atoms with E-state index in [9.17, 15) is 13.2 Å². The van der Waals surface area contributed by atoms with Gasteiger partial charge in [-0.15, -0.1) is 5.10 Å². The van der Waals surface area contributed by atoms with Gasteiger partial charge in [0.1, 0.15) is 0 Å². The molecule has 2 aromatic rings. The molecule has 0 aliphatic heterocycles. The van der Waals surface area contributed by atoms with Gasteiger partial charge in [0.2, 0.25) is 15.9 Å². The van der Waals surface area contributed by atoms with E-state index in [1.165, 1.54) is 18.3 Å². The number of hydrogen-bond acceptors (Lipinski definition) is 5. The van der Waals surface area contributed by atoms with Crippen molar-refractivity contribution in [2.45, 2.75) is 24.4 Å². The molecule has 0 aliphatic rings. The minimum atomic E-state index is -3.73. The highest BCUT2D eigenvalue weighted by molar-refractivity contribution is 7.89. The van der Waals surface area contributed by atoms with Crippen molar-refractivity contribution in [3.8, 4) is 0 Å². The lowest BCUT2D eigenvalue weighted by Gasteiger charge is -2.06. The van der Waals surface area contributed by atoms with Gasteiger partial charge in [-0.1, -0.05) is 17.3 Å². The maximum Gasteiger partial charge on any atom is 0.238 e. The summed E-state index contributed by atoms with van der Waals surface area (Å²) in [7, 11) is -3.73. The number of nitrogens with two attached hydrogens (primary N) is 1. The summed E-state index contributed by atoms with van der Waals surface area (Å²) in [5.41, 5.74) is 0.663. The Morgan fingerprint density at radius 3 is 2.86 bits per heavy atom. The highest BCUT2D eigenvalue weighted by Crippen LogP contribution is 2.09. The summed E-state index contributed by atoms with van der Waals surface area (Å²) < 4.78 is 24.0. The van der Waals surface area contributed by atoms with Gasteiger partial charge < -0.3 is 5.32 Å². The molecule has 3 N–H and O–H groups in total. The van der Waals surface area contributed by atoms with Gasteiger partial charge >= 0.3 is 0 Å². The van der Waals surface area contributed by atoms with Crippen LogP contribution < -0.4 is 10.5 Å². The lowest BCUT2D eigenvalue weighted by molar-refractivity contribution is -0.121. The average Bonchev–Trinajstić information content (AvgIpc) is 2.95. The first-order chi connectivity index (χ1) is 9.95. The van der Waals surface area contributed by atoms with Crippen molar-refractivity contribution in [2.24, 2.45) is 5.14 Å². The summed E-state index contributed by atoms with van der Waals surface area (Å²) in [5, 5.41) is 15.1. The van der Waals surface area contributed by atoms with Crippen LogP contribution in [0, 0.1) is 0 Å². The van der Waals surface area contributed by atoms with Gasteiger partial charge in [0.25, 0.3) is 0 Å². The third-order valence-electron chi connectivity index (χ3n) is 2.76. The summed E-state index contributed by atoms with van der Waals surface area (Å²) in [6.45, 7) is 0.669. The Bertz CT molecular complexity index is 712. The molecular weight excluding hydrogens is 294 g/mol. The molecule has 8 nitrogen and oxygen atoms in total. The van der Waals surface area contributed by atoms with Gasteiger partial charge in [-0.3, -0.25) is 9.48 Å². The second-order valence-corrected chi connectivity index (χ2v) is 5.95. The van der Waals surface area contributed by atoms with Crippen molar-refractivity contribution >= 4 is 15.9 Å². The summed E-state index contributed by atoms with van der Waals surface area (Å²) in [6.07, 6.45) is 3.47. The lowest BCUT2D eigenvalue weighted by atomic mass is 10.2. The molecule has 1 heterocycles. The van der Waals surface area contributed by atoms with E-state index in [0.717, 1.165) is 0 Å². The fraction of sp³-hybridized carbons (Fsp3) is 0.250. The lowest BCUT2D eigenvalue weighted by Crippen LogP contribution is -2.24. The number of hydrogen-bond donors (Lipinski definition) is 2. The number of primary sulfonamides is 1. The second kappa shape index (κ2) is 6.46. The molecule has 0 fully saturated rings. The van der Waals surface area contributed by atoms with Gasteiger partial charge in [0.15, 0.2) is 0 Å². The third kappa shape index (κ3) is 4.65. The zero-order chi connectivity index (χ0) is 15.3. The molecule has 0 radical (unpaired) electrons. The molecule has 2 rings (SSSR count).